The lowest BCUT2D eigenvalue weighted by molar-refractivity contribution is 0.103. The lowest BCUT2D eigenvalue weighted by Crippen LogP contribution is -2.10. The number of carbonyl (C=O) groups excluding carboxylic acids is 2. The molecule has 0 saturated heterocycles. The number of ether oxygens (including phenoxy) is 1. The normalized spacial score (nSPS) is 10.8. The van der Waals surface area contributed by atoms with Gasteiger partial charge >= 0.3 is 0 Å². The highest BCUT2D eigenvalue weighted by Crippen LogP contribution is 2.33. The summed E-state index contributed by atoms with van der Waals surface area (Å²) in [6.45, 7) is 11.9. The lowest BCUT2D eigenvalue weighted by Gasteiger charge is -2.16. The Morgan fingerprint density at radius 2 is 0.829 bits per heavy atom. The molecular formula is C32H30O3. The van der Waals surface area contributed by atoms with Gasteiger partial charge in [0.15, 0.2) is 11.6 Å². The van der Waals surface area contributed by atoms with Crippen LogP contribution in [0.15, 0.2) is 72.8 Å². The van der Waals surface area contributed by atoms with Gasteiger partial charge in [-0.25, -0.2) is 0 Å². The second kappa shape index (κ2) is 9.71. The Morgan fingerprint density at radius 3 is 1.17 bits per heavy atom. The van der Waals surface area contributed by atoms with E-state index >= 15 is 0 Å². The first-order valence-corrected chi connectivity index (χ1v) is 11.8. The van der Waals surface area contributed by atoms with Gasteiger partial charge in [-0.1, -0.05) is 59.7 Å². The minimum atomic E-state index is -0.0929. The highest BCUT2D eigenvalue weighted by molar-refractivity contribution is 6.13. The van der Waals surface area contributed by atoms with Crippen LogP contribution in [0.2, 0.25) is 0 Å². The zero-order chi connectivity index (χ0) is 25.3. The highest BCUT2D eigenvalue weighted by Gasteiger charge is 2.22. The minimum absolute atomic E-state index is 0.0929. The van der Waals surface area contributed by atoms with Crippen molar-refractivity contribution in [3.8, 4) is 11.5 Å². The van der Waals surface area contributed by atoms with Crippen LogP contribution in [0.1, 0.15) is 65.2 Å². The smallest absolute Gasteiger partial charge is 0.197 e. The SMILES string of the molecule is Cc1cc(C)c(C(=O)c2ccccc2Oc2ccccc2C(=O)c2c(C)cc(C)cc2C)c(C)c1. The predicted octanol–water partition coefficient (Wildman–Crippen LogP) is 7.79. The van der Waals surface area contributed by atoms with Crippen LogP contribution < -0.4 is 4.74 Å². The summed E-state index contributed by atoms with van der Waals surface area (Å²) in [6, 6.07) is 22.5. The zero-order valence-corrected chi connectivity index (χ0v) is 21.2. The van der Waals surface area contributed by atoms with Gasteiger partial charge in [-0.15, -0.1) is 0 Å². The van der Waals surface area contributed by atoms with Gasteiger partial charge in [0, 0.05) is 11.1 Å². The van der Waals surface area contributed by atoms with Gasteiger partial charge in [0.2, 0.25) is 0 Å². The molecule has 4 rings (SSSR count). The minimum Gasteiger partial charge on any atom is -0.456 e. The van der Waals surface area contributed by atoms with Crippen LogP contribution in [0.5, 0.6) is 11.5 Å². The van der Waals surface area contributed by atoms with Crippen LogP contribution >= 0.6 is 0 Å². The number of rotatable bonds is 6. The molecule has 0 aromatic heterocycles. The van der Waals surface area contributed by atoms with E-state index in [9.17, 15) is 9.59 Å². The standard InChI is InChI=1S/C32H30O3/c1-19-15-21(3)29(22(4)16-19)31(33)25-11-7-9-13-27(25)35-28-14-10-8-12-26(28)32(34)30-23(5)17-20(2)18-24(30)6/h7-18H,1-6H3. The zero-order valence-electron chi connectivity index (χ0n) is 21.2. The fourth-order valence-electron chi connectivity index (χ4n) is 4.95. The lowest BCUT2D eigenvalue weighted by atomic mass is 9.92. The first kappa shape index (κ1) is 24.2. The summed E-state index contributed by atoms with van der Waals surface area (Å²) >= 11 is 0. The van der Waals surface area contributed by atoms with E-state index in [1.165, 1.54) is 0 Å². The molecule has 0 spiro atoms. The molecule has 0 amide bonds. The monoisotopic (exact) mass is 462 g/mol. The van der Waals surface area contributed by atoms with Gasteiger partial charge in [0.1, 0.15) is 11.5 Å². The van der Waals surface area contributed by atoms with E-state index in [1.807, 2.05) is 90.1 Å². The van der Waals surface area contributed by atoms with Crippen molar-refractivity contribution >= 4 is 11.6 Å². The van der Waals surface area contributed by atoms with Crippen LogP contribution in [-0.4, -0.2) is 11.6 Å². The third-order valence-electron chi connectivity index (χ3n) is 6.29. The second-order valence-corrected chi connectivity index (χ2v) is 9.30. The topological polar surface area (TPSA) is 43.4 Å². The number of ketones is 2. The maximum absolute atomic E-state index is 13.6. The number of hydrogen-bond donors (Lipinski definition) is 0. The number of benzene rings is 4. The molecule has 0 bridgehead atoms. The number of hydrogen-bond acceptors (Lipinski definition) is 3. The molecule has 0 aliphatic rings. The Bertz CT molecular complexity index is 1300. The van der Waals surface area contributed by atoms with Crippen LogP contribution in [0.3, 0.4) is 0 Å². The van der Waals surface area contributed by atoms with Crippen LogP contribution in [0, 0.1) is 41.5 Å². The molecule has 4 aromatic rings. The summed E-state index contributed by atoms with van der Waals surface area (Å²) in [5.74, 6) is 0.665. The second-order valence-electron chi connectivity index (χ2n) is 9.30. The Labute approximate surface area is 207 Å². The fraction of sp³-hybridized carbons (Fsp3) is 0.188. The molecule has 0 fully saturated rings. The van der Waals surface area contributed by atoms with Crippen LogP contribution in [0.4, 0.5) is 0 Å². The molecule has 176 valence electrons. The van der Waals surface area contributed by atoms with E-state index in [1.54, 1.807) is 24.3 Å². The molecule has 0 aliphatic heterocycles. The Balaban J connectivity index is 1.76. The molecule has 4 aromatic carbocycles. The Hall–Kier alpha value is -3.98. The van der Waals surface area contributed by atoms with E-state index in [0.717, 1.165) is 33.4 Å². The fourth-order valence-corrected chi connectivity index (χ4v) is 4.95. The van der Waals surface area contributed by atoms with E-state index < -0.39 is 0 Å². The molecule has 0 unspecified atom stereocenters. The predicted molar refractivity (Wildman–Crippen MR) is 141 cm³/mol. The highest BCUT2D eigenvalue weighted by atomic mass is 16.5. The van der Waals surface area contributed by atoms with Gasteiger partial charge in [0.05, 0.1) is 11.1 Å². The van der Waals surface area contributed by atoms with Crippen molar-refractivity contribution < 1.29 is 14.3 Å². The third-order valence-corrected chi connectivity index (χ3v) is 6.29. The summed E-state index contributed by atoms with van der Waals surface area (Å²) in [5, 5.41) is 0. The summed E-state index contributed by atoms with van der Waals surface area (Å²) in [4.78, 5) is 27.2. The van der Waals surface area contributed by atoms with Crippen molar-refractivity contribution in [2.75, 3.05) is 0 Å². The summed E-state index contributed by atoms with van der Waals surface area (Å²) in [7, 11) is 0. The summed E-state index contributed by atoms with van der Waals surface area (Å²) in [6.07, 6.45) is 0. The van der Waals surface area contributed by atoms with E-state index in [0.29, 0.717) is 33.8 Å². The van der Waals surface area contributed by atoms with Crippen molar-refractivity contribution in [1.82, 2.24) is 0 Å². The van der Waals surface area contributed by atoms with Crippen molar-refractivity contribution in [2.45, 2.75) is 41.5 Å². The summed E-state index contributed by atoms with van der Waals surface area (Å²) in [5.41, 5.74) is 8.27. The molecule has 0 heterocycles. The Kier molecular flexibility index (Phi) is 6.70. The number of para-hydroxylation sites is 2. The van der Waals surface area contributed by atoms with Gasteiger partial charge in [-0.05, 0) is 88.1 Å². The van der Waals surface area contributed by atoms with Gasteiger partial charge in [-0.2, -0.15) is 0 Å². The van der Waals surface area contributed by atoms with Crippen molar-refractivity contribution in [3.63, 3.8) is 0 Å². The quantitative estimate of drug-likeness (QED) is 0.275. The maximum atomic E-state index is 13.6. The molecule has 0 atom stereocenters. The molecule has 0 radical (unpaired) electrons. The third kappa shape index (κ3) is 4.81. The van der Waals surface area contributed by atoms with Gasteiger partial charge in [-0.3, -0.25) is 9.59 Å². The van der Waals surface area contributed by atoms with E-state index in [4.69, 9.17) is 4.74 Å². The first-order chi connectivity index (χ1) is 16.7. The maximum Gasteiger partial charge on any atom is 0.197 e. The van der Waals surface area contributed by atoms with E-state index in [2.05, 4.69) is 0 Å². The first-order valence-electron chi connectivity index (χ1n) is 11.8. The molecule has 35 heavy (non-hydrogen) atoms. The number of carbonyl (C=O) groups is 2. The van der Waals surface area contributed by atoms with Gasteiger partial charge < -0.3 is 4.74 Å². The molecule has 0 aliphatic carbocycles. The van der Waals surface area contributed by atoms with Crippen molar-refractivity contribution in [1.29, 1.82) is 0 Å². The average molecular weight is 463 g/mol. The molecule has 3 heteroatoms. The Morgan fingerprint density at radius 1 is 0.514 bits per heavy atom. The average Bonchev–Trinajstić information content (AvgIpc) is 2.78. The molecule has 0 N–H and O–H groups in total. The molecular weight excluding hydrogens is 432 g/mol. The van der Waals surface area contributed by atoms with Gasteiger partial charge in [0.25, 0.3) is 0 Å². The van der Waals surface area contributed by atoms with Crippen LogP contribution in [0.25, 0.3) is 0 Å². The van der Waals surface area contributed by atoms with Crippen molar-refractivity contribution in [2.24, 2.45) is 0 Å². The van der Waals surface area contributed by atoms with Crippen molar-refractivity contribution in [3.05, 3.63) is 128 Å². The van der Waals surface area contributed by atoms with E-state index in [-0.39, 0.29) is 11.6 Å². The summed E-state index contributed by atoms with van der Waals surface area (Å²) < 4.78 is 6.29. The molecule has 3 nitrogen and oxygen atoms in total. The molecule has 0 saturated carbocycles. The van der Waals surface area contributed by atoms with Crippen LogP contribution in [-0.2, 0) is 0 Å². The number of aryl methyl sites for hydroxylation is 6. The largest absolute Gasteiger partial charge is 0.456 e.